The van der Waals surface area contributed by atoms with Gasteiger partial charge in [0.05, 0.1) is 9.04 Å². The van der Waals surface area contributed by atoms with Crippen LogP contribution in [0.15, 0.2) is 121 Å². The van der Waals surface area contributed by atoms with Crippen molar-refractivity contribution in [3.8, 4) is 0 Å². The van der Waals surface area contributed by atoms with Gasteiger partial charge in [-0.3, -0.25) is 0 Å². The van der Waals surface area contributed by atoms with Crippen LogP contribution in [-0.2, 0) is 0 Å². The fourth-order valence-corrected chi connectivity index (χ4v) is 15.4. The molecular formula is C28H36Si4. The van der Waals surface area contributed by atoms with Gasteiger partial charge in [-0.05, 0) is 0 Å². The maximum atomic E-state index is 2.44. The smallest absolute Gasteiger partial charge is 0.0766 e. The third-order valence-corrected chi connectivity index (χ3v) is 26.5. The van der Waals surface area contributed by atoms with Gasteiger partial charge in [0.25, 0.3) is 0 Å². The van der Waals surface area contributed by atoms with E-state index in [0.717, 1.165) is 0 Å². The zero-order chi connectivity index (χ0) is 22.9. The first-order valence-corrected chi connectivity index (χ1v) is 23.9. The van der Waals surface area contributed by atoms with Gasteiger partial charge < -0.3 is 0 Å². The first-order valence-electron chi connectivity index (χ1n) is 11.7. The molecule has 0 radical (unpaired) electrons. The molecule has 0 N–H and O–H groups in total. The van der Waals surface area contributed by atoms with E-state index in [0.29, 0.717) is 9.04 Å². The molecule has 0 aromatic heterocycles. The van der Waals surface area contributed by atoms with Crippen LogP contribution in [0.1, 0.15) is 0 Å². The molecule has 4 aromatic carbocycles. The highest BCUT2D eigenvalue weighted by molar-refractivity contribution is 7.46. The average molecular weight is 485 g/mol. The molecule has 0 nitrogen and oxygen atoms in total. The highest BCUT2D eigenvalue weighted by Crippen LogP contribution is 2.07. The summed E-state index contributed by atoms with van der Waals surface area (Å²) >= 11 is 0. The first kappa shape index (κ1) is 24.4. The average Bonchev–Trinajstić information content (AvgIpc) is 2.85. The molecule has 0 atom stereocenters. The molecule has 0 saturated heterocycles. The Bertz CT molecular complexity index is 947. The van der Waals surface area contributed by atoms with Gasteiger partial charge in [0, 0.05) is 16.6 Å². The van der Waals surface area contributed by atoms with Crippen molar-refractivity contribution in [2.24, 2.45) is 0 Å². The van der Waals surface area contributed by atoms with Crippen molar-refractivity contribution < 1.29 is 0 Å². The van der Waals surface area contributed by atoms with Gasteiger partial charge >= 0.3 is 0 Å². The van der Waals surface area contributed by atoms with Gasteiger partial charge in [-0.15, -0.1) is 0 Å². The summed E-state index contributed by atoms with van der Waals surface area (Å²) in [4.78, 5) is 0. The molecule has 0 saturated carbocycles. The summed E-state index contributed by atoms with van der Waals surface area (Å²) in [7, 11) is -2.69. The van der Waals surface area contributed by atoms with Gasteiger partial charge in [0.2, 0.25) is 0 Å². The van der Waals surface area contributed by atoms with Crippen LogP contribution < -0.4 is 20.7 Å². The van der Waals surface area contributed by atoms with Crippen molar-refractivity contribution >= 4 is 54.0 Å². The summed E-state index contributed by atoms with van der Waals surface area (Å²) in [6.45, 7) is 9.74. The molecule has 0 spiro atoms. The molecule has 0 heterocycles. The van der Waals surface area contributed by atoms with Crippen LogP contribution in [0.4, 0.5) is 0 Å². The van der Waals surface area contributed by atoms with Crippen LogP contribution in [0.3, 0.4) is 0 Å². The third-order valence-electron chi connectivity index (χ3n) is 6.17. The Kier molecular flexibility index (Phi) is 8.82. The van der Waals surface area contributed by atoms with Crippen LogP contribution in [0.5, 0.6) is 0 Å². The van der Waals surface area contributed by atoms with E-state index in [9.17, 15) is 0 Å². The quantitative estimate of drug-likeness (QED) is 0.291. The lowest BCUT2D eigenvalue weighted by atomic mass is 10.3. The summed E-state index contributed by atoms with van der Waals surface area (Å²) < 4.78 is 0. The molecule has 4 heteroatoms. The van der Waals surface area contributed by atoms with Crippen LogP contribution in [0.2, 0.25) is 26.2 Å². The van der Waals surface area contributed by atoms with Crippen LogP contribution in [-0.4, -0.2) is 33.3 Å². The molecule has 0 amide bonds. The molecule has 0 fully saturated rings. The van der Waals surface area contributed by atoms with Gasteiger partial charge in [0.1, 0.15) is 7.59 Å². The SMILES string of the molecule is C[SiH2][Si](C)(C)C.c1ccc([SiH2][Si](c2ccccc2)(c2ccccc2)c2ccccc2)cc1. The summed E-state index contributed by atoms with van der Waals surface area (Å²) in [6, 6.07) is 44.8. The zero-order valence-electron chi connectivity index (χ0n) is 20.0. The van der Waals surface area contributed by atoms with Crippen molar-refractivity contribution in [1.29, 1.82) is 0 Å². The van der Waals surface area contributed by atoms with E-state index in [-0.39, 0.29) is 0 Å². The minimum absolute atomic E-state index is 0.391. The fraction of sp³-hybridized carbons (Fsp3) is 0.143. The highest BCUT2D eigenvalue weighted by Gasteiger charge is 2.39. The van der Waals surface area contributed by atoms with Crippen molar-refractivity contribution in [2.45, 2.75) is 26.2 Å². The summed E-state index contributed by atoms with van der Waals surface area (Å²) in [5, 5.41) is 6.10. The molecule has 0 aliphatic rings. The minimum Gasteiger partial charge on any atom is -0.0766 e. The minimum atomic E-state index is -2.03. The molecule has 4 aromatic rings. The van der Waals surface area contributed by atoms with E-state index in [1.807, 2.05) is 0 Å². The molecular weight excluding hydrogens is 449 g/mol. The second kappa shape index (κ2) is 11.6. The molecule has 0 bridgehead atoms. The molecule has 164 valence electrons. The molecule has 4 rings (SSSR count). The Morgan fingerprint density at radius 1 is 0.469 bits per heavy atom. The van der Waals surface area contributed by atoms with E-state index in [1.54, 1.807) is 0 Å². The zero-order valence-corrected chi connectivity index (χ0v) is 24.8. The monoisotopic (exact) mass is 484 g/mol. The summed E-state index contributed by atoms with van der Waals surface area (Å²) in [5.41, 5.74) is 0. The van der Waals surface area contributed by atoms with E-state index >= 15 is 0 Å². The first-order chi connectivity index (χ1) is 15.5. The van der Waals surface area contributed by atoms with Crippen LogP contribution in [0, 0.1) is 0 Å². The second-order valence-electron chi connectivity index (χ2n) is 9.58. The predicted molar refractivity (Wildman–Crippen MR) is 156 cm³/mol. The Morgan fingerprint density at radius 2 is 0.750 bits per heavy atom. The lowest BCUT2D eigenvalue weighted by molar-refractivity contribution is 1.70. The predicted octanol–water partition coefficient (Wildman–Crippen LogP) is 3.19. The van der Waals surface area contributed by atoms with Crippen molar-refractivity contribution in [1.82, 2.24) is 0 Å². The van der Waals surface area contributed by atoms with Crippen LogP contribution in [0.25, 0.3) is 0 Å². The van der Waals surface area contributed by atoms with Crippen LogP contribution >= 0.6 is 0 Å². The van der Waals surface area contributed by atoms with Crippen molar-refractivity contribution in [2.75, 3.05) is 0 Å². The lowest BCUT2D eigenvalue weighted by Crippen LogP contribution is -2.73. The number of benzene rings is 4. The number of rotatable bonds is 6. The second-order valence-corrected chi connectivity index (χ2v) is 32.8. The third kappa shape index (κ3) is 6.39. The van der Waals surface area contributed by atoms with E-state index < -0.39 is 24.2 Å². The summed E-state index contributed by atoms with van der Waals surface area (Å²) in [6.07, 6.45) is 0. The van der Waals surface area contributed by atoms with Gasteiger partial charge in [-0.1, -0.05) is 168 Å². The van der Waals surface area contributed by atoms with E-state index in [4.69, 9.17) is 0 Å². The lowest BCUT2D eigenvalue weighted by Gasteiger charge is -2.33. The van der Waals surface area contributed by atoms with E-state index in [2.05, 4.69) is 148 Å². The van der Waals surface area contributed by atoms with Crippen molar-refractivity contribution in [3.05, 3.63) is 121 Å². The Morgan fingerprint density at radius 3 is 1.03 bits per heavy atom. The normalized spacial score (nSPS) is 12.1. The highest BCUT2D eigenvalue weighted by atomic mass is 29.2. The van der Waals surface area contributed by atoms with Gasteiger partial charge in [0.15, 0.2) is 0 Å². The largest absolute Gasteiger partial charge is 0.137 e. The molecule has 0 unspecified atom stereocenters. The Hall–Kier alpha value is -2.25. The van der Waals surface area contributed by atoms with Gasteiger partial charge in [-0.25, -0.2) is 0 Å². The summed E-state index contributed by atoms with van der Waals surface area (Å²) in [5.74, 6) is 0. The topological polar surface area (TPSA) is 0 Å². The molecule has 0 aliphatic carbocycles. The van der Waals surface area contributed by atoms with E-state index in [1.165, 1.54) is 20.7 Å². The van der Waals surface area contributed by atoms with Crippen molar-refractivity contribution in [3.63, 3.8) is 0 Å². The molecule has 0 aliphatic heterocycles. The Labute approximate surface area is 201 Å². The number of hydrogen-bond acceptors (Lipinski definition) is 0. The molecule has 32 heavy (non-hydrogen) atoms. The van der Waals surface area contributed by atoms with Gasteiger partial charge in [-0.2, -0.15) is 0 Å². The fourth-order valence-electron chi connectivity index (χ4n) is 3.88. The maximum absolute atomic E-state index is 2.44. The standard InChI is InChI=1S/C24H22Si2.C4H14Si2/c1-5-13-21(14-6-1)25-26(22-15-7-2-8-16-22,23-17-9-3-10-18-23)24-19-11-4-12-20-24;1-5-6(2,3)4/h1-20H,25H2;5H2,1-4H3. The Balaban J connectivity index is 0.000000427. The number of hydrogen-bond donors (Lipinski definition) is 0. The maximum Gasteiger partial charge on any atom is 0.137 e.